The van der Waals surface area contributed by atoms with Gasteiger partial charge in [0.2, 0.25) is 0 Å². The zero-order valence-corrected chi connectivity index (χ0v) is 19.9. The maximum Gasteiger partial charge on any atom is 0.162 e. The van der Waals surface area contributed by atoms with E-state index in [9.17, 15) is 4.39 Å². The molecular formula is C26H25ClFN3O2. The summed E-state index contributed by atoms with van der Waals surface area (Å²) in [5, 5.41) is 4.71. The highest BCUT2D eigenvalue weighted by Crippen LogP contribution is 2.37. The van der Waals surface area contributed by atoms with Crippen molar-refractivity contribution in [2.45, 2.75) is 26.8 Å². The van der Waals surface area contributed by atoms with Gasteiger partial charge in [-0.25, -0.2) is 14.4 Å². The monoisotopic (exact) mass is 465 g/mol. The number of anilines is 1. The van der Waals surface area contributed by atoms with Crippen LogP contribution in [0.3, 0.4) is 0 Å². The number of nitrogens with zero attached hydrogens (tertiary/aromatic N) is 2. The summed E-state index contributed by atoms with van der Waals surface area (Å²) in [6.07, 6.45) is 0. The molecule has 0 aliphatic heterocycles. The number of hydrogen-bond donors (Lipinski definition) is 1. The molecule has 0 amide bonds. The SMILES string of the molecule is COc1cc2nc(C)nc(N[C@H](C)c3cccc(-c4c(F)ccc(C)c4Cl)c3)c2cc1OC. The van der Waals surface area contributed by atoms with E-state index in [2.05, 4.69) is 15.3 Å². The van der Waals surface area contributed by atoms with Crippen LogP contribution in [0.15, 0.2) is 48.5 Å². The Morgan fingerprint density at radius 1 is 0.970 bits per heavy atom. The third-order valence-corrected chi connectivity index (χ3v) is 6.11. The minimum absolute atomic E-state index is 0.123. The zero-order valence-electron chi connectivity index (χ0n) is 19.2. The topological polar surface area (TPSA) is 56.3 Å². The third-order valence-electron chi connectivity index (χ3n) is 5.63. The van der Waals surface area contributed by atoms with Crippen LogP contribution in [0.1, 0.15) is 29.9 Å². The van der Waals surface area contributed by atoms with Crippen molar-refractivity contribution in [1.29, 1.82) is 0 Å². The van der Waals surface area contributed by atoms with Crippen molar-refractivity contribution < 1.29 is 13.9 Å². The number of nitrogens with one attached hydrogen (secondary N) is 1. The van der Waals surface area contributed by atoms with E-state index in [1.54, 1.807) is 20.3 Å². The summed E-state index contributed by atoms with van der Waals surface area (Å²) in [6, 6.07) is 14.4. The second kappa shape index (κ2) is 9.24. The molecule has 0 saturated heterocycles. The van der Waals surface area contributed by atoms with Crippen molar-refractivity contribution >= 4 is 28.3 Å². The lowest BCUT2D eigenvalue weighted by Gasteiger charge is -2.19. The Labute approximate surface area is 197 Å². The van der Waals surface area contributed by atoms with Crippen molar-refractivity contribution in [3.05, 3.63) is 76.3 Å². The fourth-order valence-corrected chi connectivity index (χ4v) is 4.12. The quantitative estimate of drug-likeness (QED) is 0.335. The van der Waals surface area contributed by atoms with Gasteiger partial charge in [0.05, 0.1) is 24.8 Å². The second-order valence-electron chi connectivity index (χ2n) is 7.89. The van der Waals surface area contributed by atoms with Crippen molar-refractivity contribution in [2.24, 2.45) is 0 Å². The van der Waals surface area contributed by atoms with Gasteiger partial charge < -0.3 is 14.8 Å². The number of rotatable bonds is 6. The lowest BCUT2D eigenvalue weighted by molar-refractivity contribution is 0.356. The van der Waals surface area contributed by atoms with Gasteiger partial charge in [-0.15, -0.1) is 0 Å². The summed E-state index contributed by atoms with van der Waals surface area (Å²) in [5.74, 6) is 2.16. The Morgan fingerprint density at radius 3 is 2.42 bits per heavy atom. The Bertz CT molecular complexity index is 1340. The normalized spacial score (nSPS) is 12.0. The maximum absolute atomic E-state index is 14.6. The van der Waals surface area contributed by atoms with Gasteiger partial charge in [-0.05, 0) is 55.7 Å². The number of aryl methyl sites for hydroxylation is 2. The molecule has 0 fully saturated rings. The molecule has 1 atom stereocenters. The van der Waals surface area contributed by atoms with E-state index in [1.807, 2.05) is 57.2 Å². The van der Waals surface area contributed by atoms with Crippen LogP contribution in [0.2, 0.25) is 5.02 Å². The molecular weight excluding hydrogens is 441 g/mol. The minimum atomic E-state index is -0.346. The summed E-state index contributed by atoms with van der Waals surface area (Å²) >= 11 is 6.44. The molecule has 33 heavy (non-hydrogen) atoms. The largest absolute Gasteiger partial charge is 0.493 e. The van der Waals surface area contributed by atoms with Gasteiger partial charge in [-0.1, -0.05) is 35.9 Å². The van der Waals surface area contributed by atoms with E-state index in [0.717, 1.165) is 27.6 Å². The average molecular weight is 466 g/mol. The van der Waals surface area contributed by atoms with Crippen LogP contribution in [-0.4, -0.2) is 24.2 Å². The number of ether oxygens (including phenoxy) is 2. The zero-order chi connectivity index (χ0) is 23.7. The Balaban J connectivity index is 1.73. The lowest BCUT2D eigenvalue weighted by atomic mass is 9.98. The van der Waals surface area contributed by atoms with Crippen LogP contribution in [0.4, 0.5) is 10.2 Å². The first-order valence-corrected chi connectivity index (χ1v) is 10.9. The van der Waals surface area contributed by atoms with Crippen molar-refractivity contribution in [1.82, 2.24) is 9.97 Å². The molecule has 1 N–H and O–H groups in total. The number of aromatic nitrogens is 2. The molecule has 0 spiro atoms. The van der Waals surface area contributed by atoms with Gasteiger partial charge in [0.25, 0.3) is 0 Å². The highest BCUT2D eigenvalue weighted by Gasteiger charge is 2.17. The standard InChI is InChI=1S/C26H25ClFN3O2/c1-14-9-10-20(28)24(25(14)27)18-8-6-7-17(11-18)15(2)29-26-19-12-22(32-4)23(33-5)13-21(19)30-16(3)31-26/h6-13,15H,1-5H3,(H,29,30,31)/t15-/m1/s1. The Hall–Kier alpha value is -3.38. The number of fused-ring (bicyclic) bond motifs is 1. The van der Waals surface area contributed by atoms with Gasteiger partial charge in [0.1, 0.15) is 17.5 Å². The van der Waals surface area contributed by atoms with Gasteiger partial charge in [0, 0.05) is 23.1 Å². The predicted molar refractivity (Wildman–Crippen MR) is 131 cm³/mol. The van der Waals surface area contributed by atoms with Gasteiger partial charge in [-0.3, -0.25) is 0 Å². The molecule has 7 heteroatoms. The van der Waals surface area contributed by atoms with E-state index in [1.165, 1.54) is 6.07 Å². The minimum Gasteiger partial charge on any atom is -0.493 e. The van der Waals surface area contributed by atoms with E-state index < -0.39 is 0 Å². The molecule has 5 nitrogen and oxygen atoms in total. The third kappa shape index (κ3) is 4.44. The summed E-state index contributed by atoms with van der Waals surface area (Å²) in [5.41, 5.74) is 3.68. The number of hydrogen-bond acceptors (Lipinski definition) is 5. The number of methoxy groups -OCH3 is 2. The molecule has 4 aromatic rings. The fraction of sp³-hybridized carbons (Fsp3) is 0.231. The van der Waals surface area contributed by atoms with Gasteiger partial charge in [0.15, 0.2) is 11.5 Å². The molecule has 4 rings (SSSR count). The van der Waals surface area contributed by atoms with Crippen LogP contribution < -0.4 is 14.8 Å². The molecule has 0 aliphatic carbocycles. The first kappa shape index (κ1) is 22.8. The lowest BCUT2D eigenvalue weighted by Crippen LogP contribution is -2.10. The van der Waals surface area contributed by atoms with E-state index >= 15 is 0 Å². The first-order chi connectivity index (χ1) is 15.8. The van der Waals surface area contributed by atoms with Crippen molar-refractivity contribution in [2.75, 3.05) is 19.5 Å². The van der Waals surface area contributed by atoms with E-state index in [4.69, 9.17) is 21.1 Å². The van der Waals surface area contributed by atoms with Crippen LogP contribution in [0.25, 0.3) is 22.0 Å². The maximum atomic E-state index is 14.6. The molecule has 0 bridgehead atoms. The summed E-state index contributed by atoms with van der Waals surface area (Å²) in [7, 11) is 3.19. The number of benzene rings is 3. The fourth-order valence-electron chi connectivity index (χ4n) is 3.86. The molecule has 1 heterocycles. The molecule has 1 aromatic heterocycles. The summed E-state index contributed by atoms with van der Waals surface area (Å²) < 4.78 is 25.5. The van der Waals surface area contributed by atoms with Crippen LogP contribution in [0, 0.1) is 19.7 Å². The van der Waals surface area contributed by atoms with E-state index in [-0.39, 0.29) is 11.9 Å². The van der Waals surface area contributed by atoms with Gasteiger partial charge in [-0.2, -0.15) is 0 Å². The highest BCUT2D eigenvalue weighted by atomic mass is 35.5. The second-order valence-corrected chi connectivity index (χ2v) is 8.27. The molecule has 0 aliphatic rings. The van der Waals surface area contributed by atoms with Crippen molar-refractivity contribution in [3.8, 4) is 22.6 Å². The highest BCUT2D eigenvalue weighted by molar-refractivity contribution is 6.34. The summed E-state index contributed by atoms with van der Waals surface area (Å²) in [6.45, 7) is 5.73. The summed E-state index contributed by atoms with van der Waals surface area (Å²) in [4.78, 5) is 9.16. The molecule has 0 unspecified atom stereocenters. The first-order valence-electron chi connectivity index (χ1n) is 10.5. The Kier molecular flexibility index (Phi) is 6.38. The Morgan fingerprint density at radius 2 is 1.70 bits per heavy atom. The molecule has 170 valence electrons. The van der Waals surface area contributed by atoms with Gasteiger partial charge >= 0.3 is 0 Å². The smallest absolute Gasteiger partial charge is 0.162 e. The van der Waals surface area contributed by atoms with E-state index in [0.29, 0.717) is 33.7 Å². The van der Waals surface area contributed by atoms with Crippen LogP contribution >= 0.6 is 11.6 Å². The van der Waals surface area contributed by atoms with Crippen LogP contribution in [-0.2, 0) is 0 Å². The van der Waals surface area contributed by atoms with Crippen molar-refractivity contribution in [3.63, 3.8) is 0 Å². The van der Waals surface area contributed by atoms with Crippen LogP contribution in [0.5, 0.6) is 11.5 Å². The number of halogens is 2. The molecule has 3 aromatic carbocycles. The predicted octanol–water partition coefficient (Wildman–Crippen LogP) is 6.90. The molecule has 0 saturated carbocycles. The molecule has 0 radical (unpaired) electrons. The average Bonchev–Trinajstić information content (AvgIpc) is 2.81.